The van der Waals surface area contributed by atoms with Crippen LogP contribution in [0.1, 0.15) is 55.3 Å². The molecule has 0 N–H and O–H groups in total. The van der Waals surface area contributed by atoms with E-state index in [1.807, 2.05) is 22.7 Å². The lowest BCUT2D eigenvalue weighted by Crippen LogP contribution is -2.05. The second-order valence-corrected chi connectivity index (χ2v) is 8.18. The van der Waals surface area contributed by atoms with Crippen LogP contribution >= 0.6 is 11.3 Å². The molecule has 0 aromatic carbocycles. The molecule has 28 heavy (non-hydrogen) atoms. The summed E-state index contributed by atoms with van der Waals surface area (Å²) in [4.78, 5) is 15.3. The Bertz CT molecular complexity index is 1120. The Morgan fingerprint density at radius 1 is 1.04 bits per heavy atom. The molecule has 4 aromatic heterocycles. The average Bonchev–Trinajstić information content (AvgIpc) is 3.22. The van der Waals surface area contributed by atoms with Gasteiger partial charge in [-0.15, -0.1) is 11.3 Å². The summed E-state index contributed by atoms with van der Waals surface area (Å²) in [6, 6.07) is 8.11. The van der Waals surface area contributed by atoms with Crippen LogP contribution in [0.4, 0.5) is 0 Å². The summed E-state index contributed by atoms with van der Waals surface area (Å²) in [6.07, 6.45) is 4.00. The van der Waals surface area contributed by atoms with Crippen molar-refractivity contribution in [3.8, 4) is 21.3 Å². The molecule has 0 radical (unpaired) electrons. The van der Waals surface area contributed by atoms with Gasteiger partial charge in [-0.1, -0.05) is 19.9 Å². The number of imidazole rings is 1. The van der Waals surface area contributed by atoms with Gasteiger partial charge in [-0.05, 0) is 57.7 Å². The zero-order valence-electron chi connectivity index (χ0n) is 17.0. The van der Waals surface area contributed by atoms with E-state index in [1.165, 1.54) is 5.56 Å². The Balaban J connectivity index is 1.93. The predicted molar refractivity (Wildman–Crippen MR) is 115 cm³/mol. The van der Waals surface area contributed by atoms with Crippen LogP contribution < -0.4 is 0 Å². The first-order valence-electron chi connectivity index (χ1n) is 9.79. The molecule has 144 valence electrons. The molecular formula is C22H25N5S. The molecule has 5 nitrogen and oxygen atoms in total. The molecule has 0 aliphatic carbocycles. The monoisotopic (exact) mass is 391 g/mol. The number of hydrogen-bond donors (Lipinski definition) is 0. The minimum absolute atomic E-state index is 0.491. The molecule has 6 heteroatoms. The van der Waals surface area contributed by atoms with Gasteiger partial charge in [0.2, 0.25) is 0 Å². The van der Waals surface area contributed by atoms with Gasteiger partial charge in [-0.3, -0.25) is 4.98 Å². The zero-order valence-corrected chi connectivity index (χ0v) is 17.8. The fourth-order valence-corrected chi connectivity index (χ4v) is 4.91. The molecular weight excluding hydrogens is 366 g/mol. The van der Waals surface area contributed by atoms with E-state index in [1.54, 1.807) is 17.5 Å². The Hall–Kier alpha value is -2.60. The topological polar surface area (TPSA) is 56.0 Å². The number of aryl methyl sites for hydroxylation is 3. The lowest BCUT2D eigenvalue weighted by atomic mass is 9.95. The van der Waals surface area contributed by atoms with Gasteiger partial charge in [0.05, 0.1) is 27.7 Å². The number of pyridine rings is 1. The van der Waals surface area contributed by atoms with E-state index in [2.05, 4.69) is 45.7 Å². The standard InChI is InChI=1S/C22H25N5S/c1-6-16(7-2)17-12-13(3)26-27-19(14(4)24-21(17)27)20-15(5)25-22(28-20)18-10-8-9-11-23-18/h8-12,16H,6-7H2,1-5H3. The lowest BCUT2D eigenvalue weighted by Gasteiger charge is -2.14. The van der Waals surface area contributed by atoms with Gasteiger partial charge in [-0.2, -0.15) is 5.10 Å². The molecule has 0 saturated heterocycles. The van der Waals surface area contributed by atoms with Crippen LogP contribution in [0.25, 0.3) is 26.9 Å². The quantitative estimate of drug-likeness (QED) is 0.435. The lowest BCUT2D eigenvalue weighted by molar-refractivity contribution is 0.638. The highest BCUT2D eigenvalue weighted by Gasteiger charge is 2.22. The van der Waals surface area contributed by atoms with Gasteiger partial charge in [0.25, 0.3) is 0 Å². The molecule has 0 unspecified atom stereocenters. The maximum absolute atomic E-state index is 4.93. The summed E-state index contributed by atoms with van der Waals surface area (Å²) in [5, 5.41) is 5.75. The van der Waals surface area contributed by atoms with Crippen LogP contribution in [0, 0.1) is 20.8 Å². The van der Waals surface area contributed by atoms with E-state index >= 15 is 0 Å². The normalized spacial score (nSPS) is 11.6. The smallest absolute Gasteiger partial charge is 0.158 e. The van der Waals surface area contributed by atoms with Crippen LogP contribution in [0.3, 0.4) is 0 Å². The van der Waals surface area contributed by atoms with Gasteiger partial charge in [0, 0.05) is 11.8 Å². The van der Waals surface area contributed by atoms with Gasteiger partial charge in [0.15, 0.2) is 5.65 Å². The fourth-order valence-electron chi connectivity index (χ4n) is 3.78. The summed E-state index contributed by atoms with van der Waals surface area (Å²) in [6.45, 7) is 10.7. The third-order valence-electron chi connectivity index (χ3n) is 5.23. The maximum atomic E-state index is 4.93. The largest absolute Gasteiger partial charge is 0.254 e. The van der Waals surface area contributed by atoms with Crippen molar-refractivity contribution in [2.75, 3.05) is 0 Å². The van der Waals surface area contributed by atoms with E-state index in [9.17, 15) is 0 Å². The third-order valence-corrected chi connectivity index (χ3v) is 6.42. The molecule has 4 rings (SSSR count). The van der Waals surface area contributed by atoms with Crippen molar-refractivity contribution in [3.63, 3.8) is 0 Å². The number of aromatic nitrogens is 5. The second kappa shape index (κ2) is 7.43. The summed E-state index contributed by atoms with van der Waals surface area (Å²) >= 11 is 1.66. The molecule has 0 spiro atoms. The van der Waals surface area contributed by atoms with Crippen molar-refractivity contribution in [1.82, 2.24) is 24.6 Å². The Morgan fingerprint density at radius 3 is 2.50 bits per heavy atom. The minimum Gasteiger partial charge on any atom is -0.254 e. The van der Waals surface area contributed by atoms with Gasteiger partial charge in [-0.25, -0.2) is 14.5 Å². The molecule has 0 fully saturated rings. The fraction of sp³-hybridized carbons (Fsp3) is 0.364. The molecule has 0 atom stereocenters. The van der Waals surface area contributed by atoms with Gasteiger partial charge < -0.3 is 0 Å². The van der Waals surface area contributed by atoms with Crippen molar-refractivity contribution in [1.29, 1.82) is 0 Å². The van der Waals surface area contributed by atoms with Crippen molar-refractivity contribution in [3.05, 3.63) is 53.1 Å². The SMILES string of the molecule is CCC(CC)c1cc(C)nn2c(-c3sc(-c4ccccn4)nc3C)c(C)nc12. The highest BCUT2D eigenvalue weighted by Crippen LogP contribution is 2.37. The highest BCUT2D eigenvalue weighted by molar-refractivity contribution is 7.18. The molecule has 0 aliphatic heterocycles. The van der Waals surface area contributed by atoms with E-state index < -0.39 is 0 Å². The van der Waals surface area contributed by atoms with Crippen LogP contribution in [-0.4, -0.2) is 24.6 Å². The Labute approximate surface area is 169 Å². The van der Waals surface area contributed by atoms with E-state index in [0.29, 0.717) is 5.92 Å². The summed E-state index contributed by atoms with van der Waals surface area (Å²) in [5.74, 6) is 0.491. The molecule has 4 heterocycles. The van der Waals surface area contributed by atoms with Crippen molar-refractivity contribution in [2.24, 2.45) is 0 Å². The average molecular weight is 392 g/mol. The first-order chi connectivity index (χ1) is 13.5. The summed E-state index contributed by atoms with van der Waals surface area (Å²) < 4.78 is 2.03. The first-order valence-corrected chi connectivity index (χ1v) is 10.6. The number of nitrogens with zero attached hydrogens (tertiary/aromatic N) is 5. The highest BCUT2D eigenvalue weighted by atomic mass is 32.1. The Morgan fingerprint density at radius 2 is 1.82 bits per heavy atom. The molecule has 4 aromatic rings. The van der Waals surface area contributed by atoms with E-state index in [0.717, 1.165) is 56.8 Å². The predicted octanol–water partition coefficient (Wildman–Crippen LogP) is 5.74. The van der Waals surface area contributed by atoms with E-state index in [-0.39, 0.29) is 0 Å². The van der Waals surface area contributed by atoms with Crippen molar-refractivity contribution >= 4 is 17.0 Å². The van der Waals surface area contributed by atoms with Crippen LogP contribution in [0.2, 0.25) is 0 Å². The number of thiazole rings is 1. The third kappa shape index (κ3) is 3.11. The van der Waals surface area contributed by atoms with Crippen LogP contribution in [0.15, 0.2) is 30.5 Å². The maximum Gasteiger partial charge on any atom is 0.158 e. The zero-order chi connectivity index (χ0) is 19.8. The summed E-state index contributed by atoms with van der Waals surface area (Å²) in [7, 11) is 0. The number of fused-ring (bicyclic) bond motifs is 1. The number of hydrogen-bond acceptors (Lipinski definition) is 5. The van der Waals surface area contributed by atoms with E-state index in [4.69, 9.17) is 15.1 Å². The minimum atomic E-state index is 0.491. The van der Waals surface area contributed by atoms with Crippen molar-refractivity contribution < 1.29 is 0 Å². The van der Waals surface area contributed by atoms with Gasteiger partial charge >= 0.3 is 0 Å². The molecule has 0 aliphatic rings. The van der Waals surface area contributed by atoms with Crippen LogP contribution in [-0.2, 0) is 0 Å². The molecule has 0 saturated carbocycles. The number of rotatable bonds is 5. The molecule has 0 bridgehead atoms. The second-order valence-electron chi connectivity index (χ2n) is 7.18. The van der Waals surface area contributed by atoms with Crippen molar-refractivity contribution in [2.45, 2.75) is 53.4 Å². The summed E-state index contributed by atoms with van der Waals surface area (Å²) in [5.41, 5.74) is 7.20. The first kappa shape index (κ1) is 18.7. The van der Waals surface area contributed by atoms with Crippen LogP contribution in [0.5, 0.6) is 0 Å². The molecule has 0 amide bonds. The van der Waals surface area contributed by atoms with Gasteiger partial charge in [0.1, 0.15) is 10.7 Å². The Kier molecular flexibility index (Phi) is 4.98.